The number of hydrogen-bond acceptors (Lipinski definition) is 3. The number of hydrogen-bond donors (Lipinski definition) is 2. The highest BCUT2D eigenvalue weighted by Gasteiger charge is 2.53. The molecule has 4 atom stereocenters. The number of amides is 1. The van der Waals surface area contributed by atoms with Crippen LogP contribution in [0.25, 0.3) is 0 Å². The largest absolute Gasteiger partial charge is 0.375 e. The van der Waals surface area contributed by atoms with Gasteiger partial charge < -0.3 is 10.4 Å². The van der Waals surface area contributed by atoms with E-state index in [0.717, 1.165) is 32.5 Å². The number of likely N-dealkylation sites (tertiary alicyclic amines) is 1. The van der Waals surface area contributed by atoms with Gasteiger partial charge in [-0.2, -0.15) is 0 Å². The SMILES string of the molecule is O=C(NCC1C2CCC1CN(Cc1ccccc1)C2)[C@](O)(c1ccccc1)[C@H]1CCC(F)(F)C1. The van der Waals surface area contributed by atoms with Gasteiger partial charge in [0.25, 0.3) is 5.91 Å². The highest BCUT2D eigenvalue weighted by molar-refractivity contribution is 5.86. The third-order valence-electron chi connectivity index (χ3n) is 8.41. The van der Waals surface area contributed by atoms with Gasteiger partial charge in [0.1, 0.15) is 0 Å². The quantitative estimate of drug-likeness (QED) is 0.625. The van der Waals surface area contributed by atoms with E-state index in [-0.39, 0.29) is 12.8 Å². The number of benzene rings is 2. The molecule has 1 saturated heterocycles. The predicted octanol–water partition coefficient (Wildman–Crippen LogP) is 4.58. The van der Waals surface area contributed by atoms with Crippen molar-refractivity contribution in [1.82, 2.24) is 10.2 Å². The van der Waals surface area contributed by atoms with Crippen LogP contribution in [0.3, 0.4) is 0 Å². The number of alkyl halides is 2. The predicted molar refractivity (Wildman–Crippen MR) is 127 cm³/mol. The van der Waals surface area contributed by atoms with Gasteiger partial charge in [-0.3, -0.25) is 9.69 Å². The second-order valence-electron chi connectivity index (χ2n) is 10.6. The normalized spacial score (nSPS) is 30.1. The van der Waals surface area contributed by atoms with E-state index in [9.17, 15) is 18.7 Å². The lowest BCUT2D eigenvalue weighted by Gasteiger charge is -2.39. The van der Waals surface area contributed by atoms with E-state index in [0.29, 0.717) is 29.9 Å². The second-order valence-corrected chi connectivity index (χ2v) is 10.6. The molecule has 0 aromatic heterocycles. The standard InChI is InChI=1S/C28H34F2N2O2/c29-27(30)14-13-24(15-27)28(34,23-9-5-2-6-10-23)26(33)31-16-25-21-11-12-22(25)19-32(18-21)17-20-7-3-1-4-8-20/h1-10,21-22,24-25,34H,11-19H2,(H,31,33)/t21?,22?,24-,25?,28-/m0/s1. The first-order valence-electron chi connectivity index (χ1n) is 12.6. The van der Waals surface area contributed by atoms with Crippen molar-refractivity contribution in [1.29, 1.82) is 0 Å². The Bertz CT molecular complexity index is 972. The van der Waals surface area contributed by atoms with E-state index >= 15 is 0 Å². The van der Waals surface area contributed by atoms with Crippen LogP contribution in [-0.4, -0.2) is 41.5 Å². The van der Waals surface area contributed by atoms with E-state index in [1.165, 1.54) is 5.56 Å². The number of aliphatic hydroxyl groups is 1. The first-order valence-corrected chi connectivity index (χ1v) is 12.6. The lowest BCUT2D eigenvalue weighted by molar-refractivity contribution is -0.149. The van der Waals surface area contributed by atoms with Gasteiger partial charge in [0.05, 0.1) is 0 Å². The molecule has 182 valence electrons. The van der Waals surface area contributed by atoms with Crippen LogP contribution in [0, 0.1) is 23.7 Å². The third-order valence-corrected chi connectivity index (χ3v) is 8.41. The molecular weight excluding hydrogens is 434 g/mol. The molecule has 2 N–H and O–H groups in total. The van der Waals surface area contributed by atoms with Gasteiger partial charge in [-0.15, -0.1) is 0 Å². The average molecular weight is 469 g/mol. The molecular formula is C28H34F2N2O2. The van der Waals surface area contributed by atoms with Gasteiger partial charge in [-0.25, -0.2) is 8.78 Å². The molecule has 34 heavy (non-hydrogen) atoms. The minimum absolute atomic E-state index is 0.134. The van der Waals surface area contributed by atoms with Crippen molar-refractivity contribution in [2.45, 2.75) is 50.2 Å². The maximum absolute atomic E-state index is 14.0. The lowest BCUT2D eigenvalue weighted by Crippen LogP contribution is -2.52. The van der Waals surface area contributed by atoms with Crippen LogP contribution in [0.1, 0.15) is 43.2 Å². The van der Waals surface area contributed by atoms with Crippen molar-refractivity contribution in [3.8, 4) is 0 Å². The van der Waals surface area contributed by atoms with E-state index in [1.54, 1.807) is 30.3 Å². The third kappa shape index (κ3) is 4.63. The fourth-order valence-electron chi connectivity index (χ4n) is 6.63. The summed E-state index contributed by atoms with van der Waals surface area (Å²) in [7, 11) is 0. The fourth-order valence-corrected chi connectivity index (χ4v) is 6.63. The van der Waals surface area contributed by atoms with E-state index in [4.69, 9.17) is 0 Å². The van der Waals surface area contributed by atoms with Crippen molar-refractivity contribution < 1.29 is 18.7 Å². The average Bonchev–Trinajstić information content (AvgIpc) is 3.33. The van der Waals surface area contributed by atoms with E-state index < -0.39 is 29.8 Å². The summed E-state index contributed by atoms with van der Waals surface area (Å²) in [6.45, 7) is 3.44. The Kier molecular flexibility index (Phi) is 6.47. The molecule has 2 saturated carbocycles. The Morgan fingerprint density at radius 3 is 2.21 bits per heavy atom. The highest BCUT2D eigenvalue weighted by atomic mass is 19.3. The van der Waals surface area contributed by atoms with Crippen LogP contribution in [-0.2, 0) is 16.9 Å². The van der Waals surface area contributed by atoms with Crippen LogP contribution >= 0.6 is 0 Å². The Morgan fingerprint density at radius 2 is 1.62 bits per heavy atom. The number of fused-ring (bicyclic) bond motifs is 2. The van der Waals surface area contributed by atoms with Gasteiger partial charge in [0.2, 0.25) is 5.92 Å². The molecule has 3 fully saturated rings. The van der Waals surface area contributed by atoms with Crippen molar-refractivity contribution in [2.24, 2.45) is 23.7 Å². The zero-order valence-corrected chi connectivity index (χ0v) is 19.5. The maximum Gasteiger partial charge on any atom is 0.256 e. The van der Waals surface area contributed by atoms with Crippen molar-refractivity contribution in [3.63, 3.8) is 0 Å². The number of carbonyl (C=O) groups excluding carboxylic acids is 1. The smallest absolute Gasteiger partial charge is 0.256 e. The molecule has 1 amide bonds. The van der Waals surface area contributed by atoms with Crippen LogP contribution in [0.4, 0.5) is 8.78 Å². The summed E-state index contributed by atoms with van der Waals surface area (Å²) in [5.74, 6) is -2.80. The molecule has 2 aromatic rings. The van der Waals surface area contributed by atoms with Crippen molar-refractivity contribution in [2.75, 3.05) is 19.6 Å². The van der Waals surface area contributed by atoms with Gasteiger partial charge >= 0.3 is 0 Å². The van der Waals surface area contributed by atoms with Gasteiger partial charge in [-0.1, -0.05) is 60.7 Å². The molecule has 5 rings (SSSR count). The summed E-state index contributed by atoms with van der Waals surface area (Å²) in [4.78, 5) is 15.9. The number of nitrogens with one attached hydrogen (secondary N) is 1. The Balaban J connectivity index is 1.25. The number of rotatable bonds is 7. The molecule has 0 radical (unpaired) electrons. The zero-order chi connectivity index (χ0) is 23.8. The fraction of sp³-hybridized carbons (Fsp3) is 0.536. The van der Waals surface area contributed by atoms with Crippen molar-refractivity contribution >= 4 is 5.91 Å². The minimum Gasteiger partial charge on any atom is -0.375 e. The molecule has 2 aromatic carbocycles. The number of halogens is 2. The summed E-state index contributed by atoms with van der Waals surface area (Å²) in [6.07, 6.45) is 1.68. The molecule has 3 aliphatic rings. The van der Waals surface area contributed by atoms with Crippen LogP contribution in [0.2, 0.25) is 0 Å². The van der Waals surface area contributed by atoms with E-state index in [1.807, 2.05) is 6.07 Å². The lowest BCUT2D eigenvalue weighted by atomic mass is 9.78. The van der Waals surface area contributed by atoms with Crippen LogP contribution < -0.4 is 5.32 Å². The topological polar surface area (TPSA) is 52.6 Å². The molecule has 2 aliphatic carbocycles. The van der Waals surface area contributed by atoms with Crippen LogP contribution in [0.15, 0.2) is 60.7 Å². The summed E-state index contributed by atoms with van der Waals surface area (Å²) in [5, 5.41) is 14.6. The number of nitrogens with zero attached hydrogens (tertiary/aromatic N) is 1. The number of piperidine rings is 1. The zero-order valence-electron chi connectivity index (χ0n) is 19.5. The van der Waals surface area contributed by atoms with Gasteiger partial charge in [0, 0.05) is 44.9 Å². The summed E-state index contributed by atoms with van der Waals surface area (Å²) < 4.78 is 28.1. The second kappa shape index (κ2) is 9.38. The molecule has 6 heteroatoms. The molecule has 2 unspecified atom stereocenters. The monoisotopic (exact) mass is 468 g/mol. The summed E-state index contributed by atoms with van der Waals surface area (Å²) in [5.41, 5.74) is -0.223. The number of carbonyl (C=O) groups is 1. The molecule has 1 heterocycles. The first kappa shape index (κ1) is 23.4. The Labute approximate surface area is 200 Å². The Morgan fingerprint density at radius 1 is 1.00 bits per heavy atom. The minimum atomic E-state index is -2.83. The summed E-state index contributed by atoms with van der Waals surface area (Å²) in [6, 6.07) is 19.1. The van der Waals surface area contributed by atoms with Gasteiger partial charge in [-0.05, 0) is 48.1 Å². The van der Waals surface area contributed by atoms with Crippen LogP contribution in [0.5, 0.6) is 0 Å². The summed E-state index contributed by atoms with van der Waals surface area (Å²) >= 11 is 0. The molecule has 2 bridgehead atoms. The van der Waals surface area contributed by atoms with E-state index in [2.05, 4.69) is 34.5 Å². The highest BCUT2D eigenvalue weighted by Crippen LogP contribution is 2.48. The molecule has 1 aliphatic heterocycles. The molecule has 4 nitrogen and oxygen atoms in total. The maximum atomic E-state index is 14.0. The molecule has 0 spiro atoms. The Hall–Kier alpha value is -2.31. The van der Waals surface area contributed by atoms with Gasteiger partial charge in [0.15, 0.2) is 5.60 Å². The first-order chi connectivity index (χ1) is 16.3. The van der Waals surface area contributed by atoms with Crippen molar-refractivity contribution in [3.05, 3.63) is 71.8 Å².